The van der Waals surface area contributed by atoms with Gasteiger partial charge in [-0.05, 0) is 26.7 Å². The van der Waals surface area contributed by atoms with Crippen molar-refractivity contribution < 1.29 is 9.90 Å². The molecule has 0 bridgehead atoms. The number of nitrogens with zero attached hydrogens (tertiary/aromatic N) is 2. The second-order valence-corrected chi connectivity index (χ2v) is 7.15. The Morgan fingerprint density at radius 3 is 2.92 bits per heavy atom. The van der Waals surface area contributed by atoms with Gasteiger partial charge < -0.3 is 26.0 Å². The van der Waals surface area contributed by atoms with Crippen LogP contribution in [0, 0.1) is 0 Å². The molecule has 3 heterocycles. The molecule has 0 spiro atoms. The Labute approximate surface area is 157 Å². The van der Waals surface area contributed by atoms with E-state index in [0.29, 0.717) is 22.9 Å². The smallest absolute Gasteiger partial charge is 0.255 e. The molecule has 2 aromatic rings. The van der Waals surface area contributed by atoms with Crippen LogP contribution in [0.2, 0.25) is 5.02 Å². The molecule has 138 valence electrons. The minimum Gasteiger partial charge on any atom is -0.381 e. The molecular formula is C16H23Cl2N5O2. The summed E-state index contributed by atoms with van der Waals surface area (Å²) in [7, 11) is 0. The molecule has 5 N–H and O–H groups in total. The first-order valence-corrected chi connectivity index (χ1v) is 8.35. The predicted molar refractivity (Wildman–Crippen MR) is 103 cm³/mol. The molecule has 25 heavy (non-hydrogen) atoms. The number of amides is 1. The van der Waals surface area contributed by atoms with E-state index in [2.05, 4.69) is 20.2 Å². The number of nitrogens with one attached hydrogen (secondary N) is 2. The topological polar surface area (TPSA) is 107 Å². The van der Waals surface area contributed by atoms with Crippen molar-refractivity contribution in [1.29, 1.82) is 0 Å². The first-order valence-electron chi connectivity index (χ1n) is 7.97. The van der Waals surface area contributed by atoms with Gasteiger partial charge in [0.25, 0.3) is 5.91 Å². The highest BCUT2D eigenvalue weighted by Gasteiger charge is 2.27. The van der Waals surface area contributed by atoms with Gasteiger partial charge in [-0.2, -0.15) is 0 Å². The maximum absolute atomic E-state index is 12.1. The Morgan fingerprint density at radius 2 is 2.28 bits per heavy atom. The molecule has 0 radical (unpaired) electrons. The van der Waals surface area contributed by atoms with Gasteiger partial charge in [-0.25, -0.2) is 4.98 Å². The Balaban J connectivity index is 0.00000225. The number of anilines is 2. The van der Waals surface area contributed by atoms with Crippen LogP contribution in [0.15, 0.2) is 12.4 Å². The summed E-state index contributed by atoms with van der Waals surface area (Å²) in [5.41, 5.74) is 6.59. The number of carbonyl (C=O) groups excluding carboxylic acids is 1. The third kappa shape index (κ3) is 4.00. The molecule has 0 saturated carbocycles. The number of aliphatic hydroxyl groups is 1. The van der Waals surface area contributed by atoms with Gasteiger partial charge in [0.05, 0.1) is 28.0 Å². The molecule has 1 aliphatic heterocycles. The van der Waals surface area contributed by atoms with Crippen molar-refractivity contribution in [3.63, 3.8) is 0 Å². The van der Waals surface area contributed by atoms with E-state index in [4.69, 9.17) is 17.3 Å². The maximum atomic E-state index is 12.1. The van der Waals surface area contributed by atoms with Crippen LogP contribution in [0.3, 0.4) is 0 Å². The van der Waals surface area contributed by atoms with E-state index in [9.17, 15) is 9.90 Å². The van der Waals surface area contributed by atoms with Crippen molar-refractivity contribution >= 4 is 52.3 Å². The Kier molecular flexibility index (Phi) is 5.83. The summed E-state index contributed by atoms with van der Waals surface area (Å²) in [6, 6.07) is 0.0893. The van der Waals surface area contributed by atoms with Crippen molar-refractivity contribution in [3.8, 4) is 0 Å². The van der Waals surface area contributed by atoms with Gasteiger partial charge in [0, 0.05) is 25.3 Å². The van der Waals surface area contributed by atoms with Gasteiger partial charge in [-0.3, -0.25) is 4.79 Å². The molecule has 1 fully saturated rings. The number of fused-ring (bicyclic) bond motifs is 1. The zero-order valence-corrected chi connectivity index (χ0v) is 15.7. The van der Waals surface area contributed by atoms with E-state index >= 15 is 0 Å². The number of halogens is 2. The van der Waals surface area contributed by atoms with Crippen LogP contribution in [0.5, 0.6) is 0 Å². The molecule has 1 aliphatic rings. The zero-order valence-electron chi connectivity index (χ0n) is 14.2. The maximum Gasteiger partial charge on any atom is 0.255 e. The Bertz CT molecular complexity index is 772. The van der Waals surface area contributed by atoms with E-state index in [1.807, 2.05) is 0 Å². The number of pyridine rings is 1. The summed E-state index contributed by atoms with van der Waals surface area (Å²) in [5.74, 6) is -0.496. The van der Waals surface area contributed by atoms with Crippen LogP contribution in [-0.2, 0) is 4.79 Å². The molecular weight excluding hydrogens is 365 g/mol. The van der Waals surface area contributed by atoms with Crippen molar-refractivity contribution in [1.82, 2.24) is 9.97 Å². The fraction of sp³-hybridized carbons (Fsp3) is 0.500. The summed E-state index contributed by atoms with van der Waals surface area (Å²) >= 11 is 6.42. The van der Waals surface area contributed by atoms with E-state index < -0.39 is 11.5 Å². The van der Waals surface area contributed by atoms with Crippen LogP contribution >= 0.6 is 24.0 Å². The molecule has 9 heteroatoms. The normalized spacial score (nSPS) is 18.1. The van der Waals surface area contributed by atoms with Crippen LogP contribution in [-0.4, -0.2) is 45.7 Å². The lowest BCUT2D eigenvalue weighted by molar-refractivity contribution is -0.130. The molecule has 1 atom stereocenters. The number of hydrogen-bond acceptors (Lipinski definition) is 5. The van der Waals surface area contributed by atoms with Gasteiger partial charge in [-0.15, -0.1) is 12.4 Å². The standard InChI is InChI=1S/C16H22ClN5O2.ClH/c1-16(2,24)15(23)21-11-7-20-14-12(11)13(10(17)6-19-14)22-5-3-4-9(18)8-22;/h6-7,9,24H,3-5,8,18H2,1-2H3,(H,19,20)(H,21,23);1H. The molecule has 1 unspecified atom stereocenters. The van der Waals surface area contributed by atoms with Crippen LogP contribution < -0.4 is 16.0 Å². The van der Waals surface area contributed by atoms with Crippen molar-refractivity contribution in [2.75, 3.05) is 23.3 Å². The third-order valence-electron chi connectivity index (χ3n) is 4.21. The third-order valence-corrected chi connectivity index (χ3v) is 4.48. The molecule has 0 aliphatic carbocycles. The number of H-pyrrole nitrogens is 1. The fourth-order valence-corrected chi connectivity index (χ4v) is 3.21. The largest absolute Gasteiger partial charge is 0.381 e. The van der Waals surface area contributed by atoms with Gasteiger partial charge in [0.2, 0.25) is 0 Å². The lowest BCUT2D eigenvalue weighted by Gasteiger charge is -2.33. The lowest BCUT2D eigenvalue weighted by Crippen LogP contribution is -2.43. The number of nitrogens with two attached hydrogens (primary N) is 1. The van der Waals surface area contributed by atoms with E-state index in [0.717, 1.165) is 30.5 Å². The summed E-state index contributed by atoms with van der Waals surface area (Å²) in [6.07, 6.45) is 5.22. The van der Waals surface area contributed by atoms with Crippen LogP contribution in [0.4, 0.5) is 11.4 Å². The van der Waals surface area contributed by atoms with E-state index in [1.54, 1.807) is 12.4 Å². The molecule has 0 aromatic carbocycles. The summed E-state index contributed by atoms with van der Waals surface area (Å²) in [6.45, 7) is 4.42. The van der Waals surface area contributed by atoms with Crippen molar-refractivity contribution in [3.05, 3.63) is 17.4 Å². The van der Waals surface area contributed by atoms with E-state index in [-0.39, 0.29) is 18.4 Å². The number of carbonyl (C=O) groups is 1. The van der Waals surface area contributed by atoms with Gasteiger partial charge in [0.1, 0.15) is 11.2 Å². The SMILES string of the molecule is CC(C)(O)C(=O)Nc1c[nH]c2ncc(Cl)c(N3CCCC(N)C3)c12.Cl. The summed E-state index contributed by atoms with van der Waals surface area (Å²) in [4.78, 5) is 21.6. The second kappa shape index (κ2) is 7.37. The quantitative estimate of drug-likeness (QED) is 0.645. The number of rotatable bonds is 3. The number of piperidine rings is 1. The highest BCUT2D eigenvalue weighted by atomic mass is 35.5. The summed E-state index contributed by atoms with van der Waals surface area (Å²) < 4.78 is 0. The summed E-state index contributed by atoms with van der Waals surface area (Å²) in [5, 5.41) is 13.9. The average Bonchev–Trinajstić information content (AvgIpc) is 2.89. The highest BCUT2D eigenvalue weighted by molar-refractivity contribution is 6.35. The zero-order chi connectivity index (χ0) is 17.5. The number of aromatic nitrogens is 2. The molecule has 1 amide bonds. The number of aromatic amines is 1. The minimum absolute atomic E-state index is 0. The predicted octanol–water partition coefficient (Wildman–Crippen LogP) is 2.27. The van der Waals surface area contributed by atoms with Crippen molar-refractivity contribution in [2.24, 2.45) is 5.73 Å². The number of hydrogen-bond donors (Lipinski definition) is 4. The minimum atomic E-state index is -1.48. The molecule has 7 nitrogen and oxygen atoms in total. The van der Waals surface area contributed by atoms with Crippen molar-refractivity contribution in [2.45, 2.75) is 38.3 Å². The van der Waals surface area contributed by atoms with Crippen LogP contribution in [0.25, 0.3) is 11.0 Å². The first-order chi connectivity index (χ1) is 11.3. The van der Waals surface area contributed by atoms with E-state index in [1.165, 1.54) is 13.8 Å². The fourth-order valence-electron chi connectivity index (χ4n) is 2.95. The van der Waals surface area contributed by atoms with Gasteiger partial charge in [-0.1, -0.05) is 11.6 Å². The highest BCUT2D eigenvalue weighted by Crippen LogP contribution is 2.38. The first kappa shape index (κ1) is 19.8. The monoisotopic (exact) mass is 387 g/mol. The Hall–Kier alpha value is -1.54. The lowest BCUT2D eigenvalue weighted by atomic mass is 10.0. The molecule has 1 saturated heterocycles. The molecule has 3 rings (SSSR count). The van der Waals surface area contributed by atoms with Gasteiger partial charge >= 0.3 is 0 Å². The van der Waals surface area contributed by atoms with Crippen LogP contribution in [0.1, 0.15) is 26.7 Å². The Morgan fingerprint density at radius 1 is 1.56 bits per heavy atom. The average molecular weight is 388 g/mol. The van der Waals surface area contributed by atoms with Gasteiger partial charge in [0.15, 0.2) is 0 Å². The second-order valence-electron chi connectivity index (χ2n) is 6.74. The molecule has 2 aromatic heterocycles.